The summed E-state index contributed by atoms with van der Waals surface area (Å²) in [4.78, 5) is -0.869. The molecule has 11 heteroatoms. The van der Waals surface area contributed by atoms with Gasteiger partial charge in [-0.25, -0.2) is 8.42 Å². The maximum absolute atomic E-state index is 12.0. The van der Waals surface area contributed by atoms with Crippen LogP contribution in [0.2, 0.25) is 0 Å². The van der Waals surface area contributed by atoms with Crippen LogP contribution in [0.15, 0.2) is 23.1 Å². The zero-order valence-electron chi connectivity index (χ0n) is 8.62. The molecule has 4 nitrogen and oxygen atoms in total. The van der Waals surface area contributed by atoms with Crippen LogP contribution in [-0.4, -0.2) is 21.4 Å². The Morgan fingerprint density at radius 3 is 2.05 bits per heavy atom. The molecule has 0 saturated carbocycles. The fourth-order valence-corrected chi connectivity index (χ4v) is 1.83. The van der Waals surface area contributed by atoms with Crippen molar-refractivity contribution in [2.75, 3.05) is 0 Å². The Morgan fingerprint density at radius 1 is 1.11 bits per heavy atom. The van der Waals surface area contributed by atoms with E-state index in [2.05, 4.69) is 9.47 Å². The predicted molar refractivity (Wildman–Crippen MR) is 52.8 cm³/mol. The number of hydrogen-bond donors (Lipinski definition) is 0. The minimum absolute atomic E-state index is 0.425. The smallest absolute Gasteiger partial charge is 0.435 e. The summed E-state index contributed by atoms with van der Waals surface area (Å²) in [6.45, 7) is -3.35. The van der Waals surface area contributed by atoms with E-state index in [0.29, 0.717) is 18.2 Å². The minimum atomic E-state index is -5.13. The molecule has 0 spiro atoms. The average Bonchev–Trinajstić information content (AvgIpc) is 2.11. The summed E-state index contributed by atoms with van der Waals surface area (Å²) in [7, 11) is 0.463. The first-order valence-corrected chi connectivity index (χ1v) is 6.58. The number of rotatable bonds is 4. The third-order valence-corrected chi connectivity index (χ3v) is 2.93. The Kier molecular flexibility index (Phi) is 4.46. The van der Waals surface area contributed by atoms with E-state index in [-0.39, 0.29) is 0 Å². The van der Waals surface area contributed by atoms with Crippen LogP contribution in [0.5, 0.6) is 11.5 Å². The van der Waals surface area contributed by atoms with Crippen molar-refractivity contribution in [3.8, 4) is 11.5 Å². The molecule has 0 aliphatic heterocycles. The van der Waals surface area contributed by atoms with Gasteiger partial charge in [-0.15, -0.1) is 13.2 Å². The number of ether oxygens (including phenoxy) is 2. The summed E-state index contributed by atoms with van der Waals surface area (Å²) in [6.07, 6.45) is -5.13. The van der Waals surface area contributed by atoms with Crippen molar-refractivity contribution in [2.24, 2.45) is 0 Å². The number of benzene rings is 1. The van der Waals surface area contributed by atoms with Crippen LogP contribution >= 0.6 is 10.7 Å². The molecule has 0 atom stereocenters. The van der Waals surface area contributed by atoms with Crippen molar-refractivity contribution in [2.45, 2.75) is 17.9 Å². The second kappa shape index (κ2) is 5.37. The van der Waals surface area contributed by atoms with Gasteiger partial charge in [0.2, 0.25) is 0 Å². The first-order valence-electron chi connectivity index (χ1n) is 4.28. The zero-order valence-corrected chi connectivity index (χ0v) is 10.2. The summed E-state index contributed by atoms with van der Waals surface area (Å²) >= 11 is 0. The molecule has 0 unspecified atom stereocenters. The Hall–Kier alpha value is -1.29. The van der Waals surface area contributed by atoms with Crippen LogP contribution in [0.25, 0.3) is 0 Å². The van der Waals surface area contributed by atoms with Crippen LogP contribution in [0.1, 0.15) is 0 Å². The van der Waals surface area contributed by atoms with Gasteiger partial charge in [-0.1, -0.05) is 0 Å². The molecule has 1 rings (SSSR count). The van der Waals surface area contributed by atoms with Gasteiger partial charge >= 0.3 is 13.0 Å². The molecule has 0 heterocycles. The molecular weight excluding hydrogens is 323 g/mol. The van der Waals surface area contributed by atoms with E-state index < -0.39 is 38.4 Å². The highest BCUT2D eigenvalue weighted by molar-refractivity contribution is 8.13. The lowest BCUT2D eigenvalue weighted by Gasteiger charge is -2.12. The van der Waals surface area contributed by atoms with Gasteiger partial charge in [0.25, 0.3) is 9.05 Å². The van der Waals surface area contributed by atoms with Crippen molar-refractivity contribution in [3.63, 3.8) is 0 Å². The zero-order chi connectivity index (χ0) is 14.8. The number of halogens is 6. The molecule has 0 N–H and O–H groups in total. The minimum Gasteiger partial charge on any atom is -0.435 e. The molecule has 1 aromatic carbocycles. The van der Waals surface area contributed by atoms with Gasteiger partial charge in [0.05, 0.1) is 4.90 Å². The Morgan fingerprint density at radius 2 is 1.63 bits per heavy atom. The largest absolute Gasteiger partial charge is 0.573 e. The molecular formula is C8H4ClF5O4S. The van der Waals surface area contributed by atoms with Gasteiger partial charge in [-0.05, 0) is 0 Å². The van der Waals surface area contributed by atoms with E-state index in [1.54, 1.807) is 0 Å². The lowest BCUT2D eigenvalue weighted by molar-refractivity contribution is -0.274. The highest BCUT2D eigenvalue weighted by Gasteiger charge is 2.32. The lowest BCUT2D eigenvalue weighted by atomic mass is 10.3. The molecule has 0 aromatic heterocycles. The predicted octanol–water partition coefficient (Wildman–Crippen LogP) is 3.11. The Bertz CT molecular complexity index is 557. The molecule has 19 heavy (non-hydrogen) atoms. The van der Waals surface area contributed by atoms with E-state index in [1.807, 2.05) is 0 Å². The molecule has 0 aliphatic rings. The molecule has 108 valence electrons. The first kappa shape index (κ1) is 15.8. The molecule has 0 aliphatic carbocycles. The van der Waals surface area contributed by atoms with Crippen molar-refractivity contribution >= 4 is 19.7 Å². The van der Waals surface area contributed by atoms with Crippen molar-refractivity contribution in [1.29, 1.82) is 0 Å². The first-order chi connectivity index (χ1) is 8.47. The topological polar surface area (TPSA) is 52.6 Å². The van der Waals surface area contributed by atoms with Gasteiger partial charge in [0.15, 0.2) is 0 Å². The number of alkyl halides is 5. The van der Waals surface area contributed by atoms with Gasteiger partial charge in [-0.2, -0.15) is 8.78 Å². The summed E-state index contributed by atoms with van der Waals surface area (Å²) in [5.41, 5.74) is 0. The monoisotopic (exact) mass is 326 g/mol. The quantitative estimate of drug-likeness (QED) is 0.630. The second-order valence-electron chi connectivity index (χ2n) is 3.00. The molecule has 0 amide bonds. The normalized spacial score (nSPS) is 12.6. The van der Waals surface area contributed by atoms with Gasteiger partial charge in [0.1, 0.15) is 11.5 Å². The average molecular weight is 327 g/mol. The van der Waals surface area contributed by atoms with Crippen molar-refractivity contribution < 1.29 is 39.8 Å². The fraction of sp³-hybridized carbons (Fsp3) is 0.250. The molecule has 0 radical (unpaired) electrons. The number of hydrogen-bond acceptors (Lipinski definition) is 4. The maximum atomic E-state index is 12.0. The highest BCUT2D eigenvalue weighted by atomic mass is 35.7. The van der Waals surface area contributed by atoms with Crippen LogP contribution in [0.3, 0.4) is 0 Å². The molecule has 0 bridgehead atoms. The highest BCUT2D eigenvalue weighted by Crippen LogP contribution is 2.31. The SMILES string of the molecule is O=S(=O)(Cl)c1cc(OC(F)F)cc(OC(F)(F)F)c1. The van der Waals surface area contributed by atoms with E-state index in [1.165, 1.54) is 0 Å². The maximum Gasteiger partial charge on any atom is 0.573 e. The van der Waals surface area contributed by atoms with Gasteiger partial charge in [-0.3, -0.25) is 0 Å². The van der Waals surface area contributed by atoms with Crippen molar-refractivity contribution in [1.82, 2.24) is 0 Å². The third-order valence-electron chi connectivity index (χ3n) is 1.59. The van der Waals surface area contributed by atoms with Crippen LogP contribution in [-0.2, 0) is 9.05 Å². The van der Waals surface area contributed by atoms with Crippen LogP contribution < -0.4 is 9.47 Å². The molecule has 0 fully saturated rings. The van der Waals surface area contributed by atoms with E-state index in [0.717, 1.165) is 0 Å². The van der Waals surface area contributed by atoms with E-state index >= 15 is 0 Å². The third kappa shape index (κ3) is 5.47. The second-order valence-corrected chi connectivity index (χ2v) is 5.57. The molecule has 1 aromatic rings. The fourth-order valence-electron chi connectivity index (χ4n) is 1.05. The summed E-state index contributed by atoms with van der Waals surface area (Å²) in [6, 6.07) is 1.41. The van der Waals surface area contributed by atoms with E-state index in [9.17, 15) is 30.4 Å². The summed E-state index contributed by atoms with van der Waals surface area (Å²) in [5.74, 6) is -1.89. The van der Waals surface area contributed by atoms with Crippen LogP contribution in [0, 0.1) is 0 Å². The Balaban J connectivity index is 3.24. The van der Waals surface area contributed by atoms with Gasteiger partial charge < -0.3 is 9.47 Å². The summed E-state index contributed by atoms with van der Waals surface area (Å²) < 4.78 is 89.0. The Labute approximate surface area is 108 Å². The lowest BCUT2D eigenvalue weighted by Crippen LogP contribution is -2.17. The van der Waals surface area contributed by atoms with Crippen LogP contribution in [0.4, 0.5) is 22.0 Å². The van der Waals surface area contributed by atoms with Gasteiger partial charge in [0, 0.05) is 28.9 Å². The van der Waals surface area contributed by atoms with E-state index in [4.69, 9.17) is 10.7 Å². The summed E-state index contributed by atoms with van der Waals surface area (Å²) in [5, 5.41) is 0. The van der Waals surface area contributed by atoms with Crippen molar-refractivity contribution in [3.05, 3.63) is 18.2 Å². The standard InChI is InChI=1S/C8H4ClF5O4S/c9-19(15,16)6-2-4(17-7(10)11)1-5(3-6)18-8(12,13)14/h1-3,7H. The molecule has 0 saturated heterocycles.